The number of likely N-dealkylation sites (N-methyl/N-ethyl adjacent to an activating group) is 1. The van der Waals surface area contributed by atoms with Crippen LogP contribution in [0.2, 0.25) is 0 Å². The third-order valence-electron chi connectivity index (χ3n) is 7.05. The average Bonchev–Trinajstić information content (AvgIpc) is 3.65. The van der Waals surface area contributed by atoms with Gasteiger partial charge in [0.05, 0.1) is 11.5 Å². The lowest BCUT2D eigenvalue weighted by Gasteiger charge is -2.35. The Kier molecular flexibility index (Phi) is 6.91. The van der Waals surface area contributed by atoms with Crippen molar-refractivity contribution < 1.29 is 38.8 Å². The lowest BCUT2D eigenvalue weighted by atomic mass is 9.72. The predicted molar refractivity (Wildman–Crippen MR) is 125 cm³/mol. The smallest absolute Gasteiger partial charge is 0.534 e. The summed E-state index contributed by atoms with van der Waals surface area (Å²) < 4.78 is 5.42. The zero-order chi connectivity index (χ0) is 26.2. The van der Waals surface area contributed by atoms with Crippen molar-refractivity contribution in [1.29, 1.82) is 0 Å². The SMILES string of the molecule is CCN1CCN(C(=O)N[C@@H](C(=O)N[C@H]2Cc3cccc(C(=O)O)c3OB2O)C2(CN)CC2)C(=O)C1=O. The number of para-hydroxylation sites is 1. The summed E-state index contributed by atoms with van der Waals surface area (Å²) in [4.78, 5) is 64.5. The van der Waals surface area contributed by atoms with Gasteiger partial charge in [0.1, 0.15) is 11.8 Å². The fourth-order valence-electron chi connectivity index (χ4n) is 4.62. The van der Waals surface area contributed by atoms with E-state index in [4.69, 9.17) is 10.4 Å². The second kappa shape index (κ2) is 9.78. The molecule has 1 aromatic carbocycles. The number of nitrogens with two attached hydrogens (primary N) is 1. The number of hydrogen-bond acceptors (Lipinski definition) is 8. The summed E-state index contributed by atoms with van der Waals surface area (Å²) in [7, 11) is -1.53. The van der Waals surface area contributed by atoms with Crippen molar-refractivity contribution in [2.24, 2.45) is 11.1 Å². The van der Waals surface area contributed by atoms with E-state index in [9.17, 15) is 34.1 Å². The standard InChI is InChI=1S/C22H28BN5O8/c1-2-27-8-9-28(19(31)18(27)30)21(34)26-16(22(11-24)6-7-22)17(29)25-14-10-12-4-3-5-13(20(32)33)15(12)36-23(14)35/h3-5,14,16,35H,2,6-11,24H2,1H3,(H,25,29)(H,26,34)(H,32,33)/t14-,16-/m0/s1. The maximum absolute atomic E-state index is 13.3. The zero-order valence-electron chi connectivity index (χ0n) is 19.7. The number of carboxylic acids is 1. The molecule has 2 aliphatic heterocycles. The largest absolute Gasteiger partial charge is 0.547 e. The van der Waals surface area contributed by atoms with Crippen LogP contribution in [-0.4, -0.2) is 94.9 Å². The fourth-order valence-corrected chi connectivity index (χ4v) is 4.62. The van der Waals surface area contributed by atoms with Gasteiger partial charge in [0.2, 0.25) is 5.91 Å². The Balaban J connectivity index is 1.49. The van der Waals surface area contributed by atoms with Crippen LogP contribution in [-0.2, 0) is 20.8 Å². The zero-order valence-corrected chi connectivity index (χ0v) is 19.7. The Labute approximate surface area is 207 Å². The van der Waals surface area contributed by atoms with Gasteiger partial charge in [-0.3, -0.25) is 19.3 Å². The lowest BCUT2D eigenvalue weighted by Crippen LogP contribution is -2.64. The number of fused-ring (bicyclic) bond motifs is 1. The maximum atomic E-state index is 13.3. The summed E-state index contributed by atoms with van der Waals surface area (Å²) in [6.07, 6.45) is 1.21. The van der Waals surface area contributed by atoms with Crippen LogP contribution in [0, 0.1) is 5.41 Å². The van der Waals surface area contributed by atoms with Crippen LogP contribution in [0.3, 0.4) is 0 Å². The van der Waals surface area contributed by atoms with Crippen molar-refractivity contribution in [3.63, 3.8) is 0 Å². The number of rotatable bonds is 7. The third kappa shape index (κ3) is 4.61. The first kappa shape index (κ1) is 25.4. The topological polar surface area (TPSA) is 192 Å². The molecule has 2 atom stereocenters. The highest BCUT2D eigenvalue weighted by Gasteiger charge is 2.54. The van der Waals surface area contributed by atoms with Crippen LogP contribution in [0.15, 0.2) is 18.2 Å². The van der Waals surface area contributed by atoms with Gasteiger partial charge in [0.25, 0.3) is 0 Å². The van der Waals surface area contributed by atoms with Crippen LogP contribution < -0.4 is 21.0 Å². The second-order valence-electron chi connectivity index (χ2n) is 9.22. The predicted octanol–water partition coefficient (Wildman–Crippen LogP) is -1.67. The molecule has 13 nitrogen and oxygen atoms in total. The number of amides is 5. The van der Waals surface area contributed by atoms with Gasteiger partial charge in [-0.15, -0.1) is 0 Å². The van der Waals surface area contributed by atoms with E-state index in [0.717, 1.165) is 4.90 Å². The summed E-state index contributed by atoms with van der Waals surface area (Å²) in [6.45, 7) is 2.34. The molecule has 4 rings (SSSR count). The van der Waals surface area contributed by atoms with Gasteiger partial charge >= 0.3 is 30.9 Å². The van der Waals surface area contributed by atoms with Crippen LogP contribution in [0.4, 0.5) is 4.79 Å². The average molecular weight is 501 g/mol. The van der Waals surface area contributed by atoms with Crippen LogP contribution >= 0.6 is 0 Å². The number of carbonyl (C=O) groups is 5. The van der Waals surface area contributed by atoms with Crippen molar-refractivity contribution in [2.45, 2.75) is 38.2 Å². The molecule has 0 aromatic heterocycles. The summed E-state index contributed by atoms with van der Waals surface area (Å²) in [5, 5.41) is 25.1. The van der Waals surface area contributed by atoms with Gasteiger partial charge < -0.3 is 36.1 Å². The number of nitrogens with zero attached hydrogens (tertiary/aromatic N) is 2. The molecule has 2 fully saturated rings. The molecule has 0 spiro atoms. The molecule has 6 N–H and O–H groups in total. The summed E-state index contributed by atoms with van der Waals surface area (Å²) >= 11 is 0. The van der Waals surface area contributed by atoms with Crippen molar-refractivity contribution in [3.8, 4) is 5.75 Å². The minimum atomic E-state index is -1.53. The molecule has 0 radical (unpaired) electrons. The van der Waals surface area contributed by atoms with E-state index in [2.05, 4.69) is 10.6 Å². The quantitative estimate of drug-likeness (QED) is 0.215. The molecule has 5 amide bonds. The molecule has 1 aromatic rings. The molecular weight excluding hydrogens is 473 g/mol. The van der Waals surface area contributed by atoms with E-state index in [1.54, 1.807) is 13.0 Å². The fraction of sp³-hybridized carbons (Fsp3) is 0.500. The first-order chi connectivity index (χ1) is 17.1. The number of benzene rings is 1. The summed E-state index contributed by atoms with van der Waals surface area (Å²) in [5.74, 6) is -4.51. The molecule has 1 saturated heterocycles. The van der Waals surface area contributed by atoms with Gasteiger partial charge in [-0.05, 0) is 37.8 Å². The lowest BCUT2D eigenvalue weighted by molar-refractivity contribution is -0.153. The number of aromatic carboxylic acids is 1. The molecule has 0 bridgehead atoms. The van der Waals surface area contributed by atoms with Crippen molar-refractivity contribution in [1.82, 2.24) is 20.4 Å². The van der Waals surface area contributed by atoms with E-state index in [1.807, 2.05) is 0 Å². The van der Waals surface area contributed by atoms with Gasteiger partial charge in [-0.1, -0.05) is 12.1 Å². The monoisotopic (exact) mass is 501 g/mol. The molecule has 14 heteroatoms. The van der Waals surface area contributed by atoms with Gasteiger partial charge in [0, 0.05) is 31.6 Å². The number of urea groups is 1. The van der Waals surface area contributed by atoms with Crippen LogP contribution in [0.5, 0.6) is 5.75 Å². The molecule has 0 unspecified atom stereocenters. The minimum absolute atomic E-state index is 0.00785. The third-order valence-corrected chi connectivity index (χ3v) is 7.05. The molecule has 36 heavy (non-hydrogen) atoms. The normalized spacial score (nSPS) is 21.3. The number of carbonyl (C=O) groups excluding carboxylic acids is 4. The van der Waals surface area contributed by atoms with Crippen LogP contribution in [0.25, 0.3) is 0 Å². The number of nitrogens with one attached hydrogen (secondary N) is 2. The van der Waals surface area contributed by atoms with Crippen LogP contribution in [0.1, 0.15) is 35.7 Å². The highest BCUT2D eigenvalue weighted by atomic mass is 16.5. The number of hydrogen-bond donors (Lipinski definition) is 5. The summed E-state index contributed by atoms with van der Waals surface area (Å²) in [5.41, 5.74) is 5.57. The van der Waals surface area contributed by atoms with Crippen molar-refractivity contribution in [2.75, 3.05) is 26.2 Å². The Bertz CT molecular complexity index is 1110. The Morgan fingerprint density at radius 2 is 1.97 bits per heavy atom. The molecule has 1 saturated carbocycles. The van der Waals surface area contributed by atoms with E-state index in [0.29, 0.717) is 24.9 Å². The first-order valence-electron chi connectivity index (χ1n) is 11.7. The number of piperazine rings is 1. The molecule has 2 heterocycles. The molecule has 3 aliphatic rings. The maximum Gasteiger partial charge on any atom is 0.547 e. The van der Waals surface area contributed by atoms with E-state index < -0.39 is 54.2 Å². The molecule has 192 valence electrons. The van der Waals surface area contributed by atoms with E-state index in [-0.39, 0.29) is 37.4 Å². The Morgan fingerprint density at radius 1 is 1.25 bits per heavy atom. The summed E-state index contributed by atoms with van der Waals surface area (Å²) in [6, 6.07) is 2.52. The van der Waals surface area contributed by atoms with Gasteiger partial charge in [0.15, 0.2) is 0 Å². The second-order valence-corrected chi connectivity index (χ2v) is 9.22. The van der Waals surface area contributed by atoms with Gasteiger partial charge in [-0.25, -0.2) is 9.59 Å². The van der Waals surface area contributed by atoms with E-state index in [1.165, 1.54) is 17.0 Å². The van der Waals surface area contributed by atoms with Crippen molar-refractivity contribution >= 4 is 36.8 Å². The molecule has 1 aliphatic carbocycles. The first-order valence-corrected chi connectivity index (χ1v) is 11.7. The number of carboxylic acid groups (broad SMARTS) is 1. The van der Waals surface area contributed by atoms with E-state index >= 15 is 0 Å². The van der Waals surface area contributed by atoms with Gasteiger partial charge in [-0.2, -0.15) is 0 Å². The Hall–Kier alpha value is -3.65. The van der Waals surface area contributed by atoms with Crippen molar-refractivity contribution in [3.05, 3.63) is 29.3 Å². The minimum Gasteiger partial charge on any atom is -0.534 e. The highest BCUT2D eigenvalue weighted by molar-refractivity contribution is 6.47. The molecular formula is C22H28BN5O8. The highest BCUT2D eigenvalue weighted by Crippen LogP contribution is 2.48. The Morgan fingerprint density at radius 3 is 2.58 bits per heavy atom. The number of imide groups is 1.